The molecule has 0 aromatic heterocycles. The van der Waals surface area contributed by atoms with Gasteiger partial charge in [0.05, 0.1) is 6.61 Å². The molecule has 2 aliphatic rings. The van der Waals surface area contributed by atoms with Gasteiger partial charge in [-0.2, -0.15) is 0 Å². The zero-order chi connectivity index (χ0) is 11.0. The van der Waals surface area contributed by atoms with Gasteiger partial charge in [0.1, 0.15) is 5.75 Å². The molecule has 1 aliphatic carbocycles. The van der Waals surface area contributed by atoms with Crippen molar-refractivity contribution in [3.05, 3.63) is 34.9 Å². The van der Waals surface area contributed by atoms with Crippen molar-refractivity contribution in [1.29, 1.82) is 0 Å². The lowest BCUT2D eigenvalue weighted by Gasteiger charge is -2.16. The van der Waals surface area contributed by atoms with Gasteiger partial charge in [-0.1, -0.05) is 11.6 Å². The maximum Gasteiger partial charge on any atom is 0.119 e. The minimum atomic E-state index is 0. The fourth-order valence-corrected chi connectivity index (χ4v) is 2.69. The second kappa shape index (κ2) is 5.11. The van der Waals surface area contributed by atoms with Gasteiger partial charge >= 0.3 is 0 Å². The van der Waals surface area contributed by atoms with Gasteiger partial charge in [-0.15, -0.1) is 12.4 Å². The molecule has 1 N–H and O–H groups in total. The van der Waals surface area contributed by atoms with E-state index in [9.17, 15) is 0 Å². The minimum Gasteiger partial charge on any atom is -0.494 e. The Balaban J connectivity index is 0.00000108. The summed E-state index contributed by atoms with van der Waals surface area (Å²) in [4.78, 5) is 0. The van der Waals surface area contributed by atoms with E-state index in [0.717, 1.165) is 31.9 Å². The summed E-state index contributed by atoms with van der Waals surface area (Å²) in [5, 5.41) is 3.45. The highest BCUT2D eigenvalue weighted by atomic mass is 35.5. The molecule has 0 atom stereocenters. The van der Waals surface area contributed by atoms with E-state index in [4.69, 9.17) is 4.74 Å². The van der Waals surface area contributed by atoms with E-state index in [1.54, 1.807) is 5.57 Å². The molecular formula is C14H18ClNO. The highest BCUT2D eigenvalue weighted by molar-refractivity contribution is 5.85. The first kappa shape index (κ1) is 12.5. The molecule has 2 nitrogen and oxygen atoms in total. The van der Waals surface area contributed by atoms with Gasteiger partial charge in [-0.25, -0.2) is 0 Å². The smallest absolute Gasteiger partial charge is 0.119 e. The molecule has 1 aromatic carbocycles. The van der Waals surface area contributed by atoms with Crippen LogP contribution in [0.3, 0.4) is 0 Å². The Morgan fingerprint density at radius 2 is 2.24 bits per heavy atom. The number of nitrogens with one attached hydrogen (secondary N) is 1. The molecule has 0 radical (unpaired) electrons. The van der Waals surface area contributed by atoms with E-state index in [0.29, 0.717) is 0 Å². The zero-order valence-corrected chi connectivity index (χ0v) is 10.9. The molecule has 0 fully saturated rings. The van der Waals surface area contributed by atoms with Crippen LogP contribution in [0.15, 0.2) is 23.8 Å². The molecule has 92 valence electrons. The molecule has 1 aromatic rings. The van der Waals surface area contributed by atoms with Crippen molar-refractivity contribution < 1.29 is 4.74 Å². The van der Waals surface area contributed by atoms with Crippen molar-refractivity contribution in [2.24, 2.45) is 0 Å². The van der Waals surface area contributed by atoms with Gasteiger partial charge in [-0.05, 0) is 55.1 Å². The van der Waals surface area contributed by atoms with E-state index in [2.05, 4.69) is 23.5 Å². The summed E-state index contributed by atoms with van der Waals surface area (Å²) in [5.41, 5.74) is 6.02. The van der Waals surface area contributed by atoms with E-state index < -0.39 is 0 Å². The van der Waals surface area contributed by atoms with Crippen LogP contribution in [0.25, 0.3) is 5.57 Å². The molecular weight excluding hydrogens is 234 g/mol. The standard InChI is InChI=1S/C14H17NO.ClH/c1-2-16-12-4-3-10-7-11-5-6-15-9-14(11)13(10)8-12;/h3-4,8,15H,2,5-7,9H2,1H3;1H. The molecule has 3 heteroatoms. The Kier molecular flexibility index (Phi) is 3.75. The fraction of sp³-hybridized carbons (Fsp3) is 0.429. The van der Waals surface area contributed by atoms with Crippen LogP contribution in [-0.2, 0) is 6.42 Å². The lowest BCUT2D eigenvalue weighted by molar-refractivity contribution is 0.340. The number of hydrogen-bond donors (Lipinski definition) is 1. The lowest BCUT2D eigenvalue weighted by atomic mass is 10.0. The average Bonchev–Trinajstić information content (AvgIpc) is 2.68. The zero-order valence-electron chi connectivity index (χ0n) is 10.1. The number of rotatable bonds is 2. The topological polar surface area (TPSA) is 21.3 Å². The molecule has 0 unspecified atom stereocenters. The Morgan fingerprint density at radius 1 is 1.35 bits per heavy atom. The fourth-order valence-electron chi connectivity index (χ4n) is 2.69. The largest absolute Gasteiger partial charge is 0.494 e. The van der Waals surface area contributed by atoms with Crippen molar-refractivity contribution in [2.45, 2.75) is 19.8 Å². The molecule has 3 rings (SSSR count). The monoisotopic (exact) mass is 251 g/mol. The number of ether oxygens (including phenoxy) is 1. The lowest BCUT2D eigenvalue weighted by Crippen LogP contribution is -2.22. The van der Waals surface area contributed by atoms with Gasteiger partial charge in [0.2, 0.25) is 0 Å². The summed E-state index contributed by atoms with van der Waals surface area (Å²) in [5.74, 6) is 1.00. The van der Waals surface area contributed by atoms with Crippen LogP contribution >= 0.6 is 12.4 Å². The third-order valence-corrected chi connectivity index (χ3v) is 3.45. The highest BCUT2D eigenvalue weighted by Gasteiger charge is 2.23. The summed E-state index contributed by atoms with van der Waals surface area (Å²) >= 11 is 0. The normalized spacial score (nSPS) is 17.2. The highest BCUT2D eigenvalue weighted by Crippen LogP contribution is 2.37. The second-order valence-electron chi connectivity index (χ2n) is 4.44. The van der Waals surface area contributed by atoms with Crippen LogP contribution in [0.1, 0.15) is 24.5 Å². The molecule has 1 aliphatic heterocycles. The number of halogens is 1. The first-order valence-electron chi connectivity index (χ1n) is 6.06. The van der Waals surface area contributed by atoms with Gasteiger partial charge in [-0.3, -0.25) is 0 Å². The Morgan fingerprint density at radius 3 is 3.06 bits per heavy atom. The molecule has 0 amide bonds. The molecule has 0 saturated heterocycles. The maximum absolute atomic E-state index is 5.57. The van der Waals surface area contributed by atoms with Crippen LogP contribution in [0.2, 0.25) is 0 Å². The summed E-state index contributed by atoms with van der Waals surface area (Å²) in [6, 6.07) is 6.51. The molecule has 17 heavy (non-hydrogen) atoms. The Hall–Kier alpha value is -0.990. The molecule has 0 spiro atoms. The van der Waals surface area contributed by atoms with Gasteiger partial charge in [0, 0.05) is 6.54 Å². The molecule has 1 heterocycles. The van der Waals surface area contributed by atoms with Gasteiger partial charge in [0.15, 0.2) is 0 Å². The van der Waals surface area contributed by atoms with Crippen molar-refractivity contribution in [2.75, 3.05) is 19.7 Å². The predicted molar refractivity (Wildman–Crippen MR) is 73.0 cm³/mol. The predicted octanol–water partition coefficient (Wildman–Crippen LogP) is 2.81. The number of benzene rings is 1. The van der Waals surface area contributed by atoms with Crippen LogP contribution in [-0.4, -0.2) is 19.7 Å². The van der Waals surface area contributed by atoms with Gasteiger partial charge in [0.25, 0.3) is 0 Å². The van der Waals surface area contributed by atoms with Crippen molar-refractivity contribution >= 4 is 18.0 Å². The van der Waals surface area contributed by atoms with Crippen LogP contribution < -0.4 is 10.1 Å². The van der Waals surface area contributed by atoms with E-state index in [-0.39, 0.29) is 12.4 Å². The molecule has 0 saturated carbocycles. The number of fused-ring (bicyclic) bond motifs is 2. The van der Waals surface area contributed by atoms with E-state index >= 15 is 0 Å². The molecule has 0 bridgehead atoms. The Labute approximate surface area is 108 Å². The quantitative estimate of drug-likeness (QED) is 0.873. The van der Waals surface area contributed by atoms with E-state index in [1.165, 1.54) is 23.1 Å². The van der Waals surface area contributed by atoms with Crippen LogP contribution in [0, 0.1) is 0 Å². The summed E-state index contributed by atoms with van der Waals surface area (Å²) in [6.45, 7) is 4.92. The van der Waals surface area contributed by atoms with Crippen molar-refractivity contribution in [1.82, 2.24) is 5.32 Å². The summed E-state index contributed by atoms with van der Waals surface area (Å²) < 4.78 is 5.57. The third-order valence-electron chi connectivity index (χ3n) is 3.45. The second-order valence-corrected chi connectivity index (χ2v) is 4.44. The summed E-state index contributed by atoms with van der Waals surface area (Å²) in [7, 11) is 0. The first-order chi connectivity index (χ1) is 7.88. The maximum atomic E-state index is 5.57. The third kappa shape index (κ3) is 2.20. The Bertz CT molecular complexity index is 454. The average molecular weight is 252 g/mol. The minimum absolute atomic E-state index is 0. The van der Waals surface area contributed by atoms with Gasteiger partial charge < -0.3 is 10.1 Å². The first-order valence-corrected chi connectivity index (χ1v) is 6.06. The summed E-state index contributed by atoms with van der Waals surface area (Å²) in [6.07, 6.45) is 2.35. The number of hydrogen-bond acceptors (Lipinski definition) is 2. The SMILES string of the molecule is CCOc1ccc2c(c1)C1=C(CCNC1)C2.Cl. The van der Waals surface area contributed by atoms with Crippen molar-refractivity contribution in [3.8, 4) is 5.75 Å². The van der Waals surface area contributed by atoms with Crippen molar-refractivity contribution in [3.63, 3.8) is 0 Å². The van der Waals surface area contributed by atoms with Crippen LogP contribution in [0.4, 0.5) is 0 Å². The van der Waals surface area contributed by atoms with E-state index in [1.807, 2.05) is 6.92 Å². The van der Waals surface area contributed by atoms with Crippen LogP contribution in [0.5, 0.6) is 5.75 Å².